The SMILES string of the molecule is CC(=O)C1=C(C)NC(C)=C(C(=O)OCc2ccc(C(=O)OC(C)(C)C)cc2)C1c1csc2ccccc12. The lowest BCUT2D eigenvalue weighted by Gasteiger charge is -2.30. The maximum absolute atomic E-state index is 13.5. The molecule has 7 heteroatoms. The zero-order valence-corrected chi connectivity index (χ0v) is 22.7. The molecule has 192 valence electrons. The lowest BCUT2D eigenvalue weighted by molar-refractivity contribution is -0.140. The van der Waals surface area contributed by atoms with Gasteiger partial charge in [0.2, 0.25) is 0 Å². The van der Waals surface area contributed by atoms with E-state index in [1.165, 1.54) is 6.92 Å². The molecule has 0 amide bonds. The van der Waals surface area contributed by atoms with Crippen LogP contribution in [0.15, 0.2) is 76.5 Å². The molecule has 2 heterocycles. The average Bonchev–Trinajstić information content (AvgIpc) is 3.25. The first-order chi connectivity index (χ1) is 17.5. The number of ether oxygens (including phenoxy) is 2. The third-order valence-corrected chi connectivity index (χ3v) is 7.12. The van der Waals surface area contributed by atoms with Crippen LogP contribution in [-0.4, -0.2) is 23.3 Å². The minimum atomic E-state index is -0.583. The van der Waals surface area contributed by atoms with Crippen molar-refractivity contribution in [2.45, 2.75) is 59.7 Å². The predicted molar refractivity (Wildman–Crippen MR) is 145 cm³/mol. The van der Waals surface area contributed by atoms with E-state index in [9.17, 15) is 14.4 Å². The standard InChI is InChI=1S/C30H31NO5S/c1-17-25(19(3)32)27(23-16-37-24-10-8-7-9-22(23)24)26(18(2)31-17)29(34)35-15-20-11-13-21(14-12-20)28(33)36-30(4,5)6/h7-14,16,27,31H,15H2,1-6H3. The molecule has 0 saturated carbocycles. The second kappa shape index (κ2) is 10.3. The number of carbonyl (C=O) groups is 3. The third kappa shape index (κ3) is 5.67. The van der Waals surface area contributed by atoms with Crippen molar-refractivity contribution in [3.63, 3.8) is 0 Å². The zero-order chi connectivity index (χ0) is 26.9. The van der Waals surface area contributed by atoms with E-state index >= 15 is 0 Å². The van der Waals surface area contributed by atoms with Crippen molar-refractivity contribution in [1.29, 1.82) is 0 Å². The van der Waals surface area contributed by atoms with Gasteiger partial charge in [-0.15, -0.1) is 11.3 Å². The molecule has 4 rings (SSSR count). The van der Waals surface area contributed by atoms with Crippen LogP contribution in [0.1, 0.15) is 68.9 Å². The van der Waals surface area contributed by atoms with Crippen molar-refractivity contribution < 1.29 is 23.9 Å². The van der Waals surface area contributed by atoms with Crippen LogP contribution in [0.4, 0.5) is 0 Å². The van der Waals surface area contributed by atoms with Gasteiger partial charge in [0, 0.05) is 27.6 Å². The smallest absolute Gasteiger partial charge is 0.338 e. The van der Waals surface area contributed by atoms with E-state index in [-0.39, 0.29) is 12.4 Å². The first-order valence-electron chi connectivity index (χ1n) is 12.1. The fourth-order valence-electron chi connectivity index (χ4n) is 4.57. The molecule has 1 aromatic heterocycles. The number of nitrogens with one attached hydrogen (secondary N) is 1. The molecular weight excluding hydrogens is 486 g/mol. The van der Waals surface area contributed by atoms with Gasteiger partial charge in [0.25, 0.3) is 0 Å². The summed E-state index contributed by atoms with van der Waals surface area (Å²) in [6.07, 6.45) is 0. The molecule has 0 radical (unpaired) electrons. The molecule has 1 N–H and O–H groups in total. The van der Waals surface area contributed by atoms with Crippen LogP contribution in [0.5, 0.6) is 0 Å². The number of carbonyl (C=O) groups excluding carboxylic acids is 3. The van der Waals surface area contributed by atoms with Gasteiger partial charge in [-0.1, -0.05) is 30.3 Å². The first kappa shape index (κ1) is 26.4. The van der Waals surface area contributed by atoms with E-state index in [4.69, 9.17) is 9.47 Å². The zero-order valence-electron chi connectivity index (χ0n) is 21.9. The lowest BCUT2D eigenvalue weighted by Crippen LogP contribution is -2.31. The van der Waals surface area contributed by atoms with Gasteiger partial charge in [-0.3, -0.25) is 4.79 Å². The van der Waals surface area contributed by atoms with Crippen molar-refractivity contribution in [1.82, 2.24) is 5.32 Å². The normalized spacial score (nSPS) is 16.0. The number of ketones is 1. The van der Waals surface area contributed by atoms with E-state index in [0.717, 1.165) is 26.9 Å². The summed E-state index contributed by atoms with van der Waals surface area (Å²) < 4.78 is 12.2. The highest BCUT2D eigenvalue weighted by atomic mass is 32.1. The number of hydrogen-bond donors (Lipinski definition) is 1. The van der Waals surface area contributed by atoms with Crippen LogP contribution < -0.4 is 5.32 Å². The monoisotopic (exact) mass is 517 g/mol. The quantitative estimate of drug-likeness (QED) is 0.380. The molecular formula is C30H31NO5S. The predicted octanol–water partition coefficient (Wildman–Crippen LogP) is 6.42. The van der Waals surface area contributed by atoms with Gasteiger partial charge in [-0.25, -0.2) is 9.59 Å². The van der Waals surface area contributed by atoms with Crippen molar-refractivity contribution in [3.8, 4) is 0 Å². The van der Waals surface area contributed by atoms with Gasteiger partial charge in [-0.2, -0.15) is 0 Å². The van der Waals surface area contributed by atoms with Gasteiger partial charge < -0.3 is 14.8 Å². The van der Waals surface area contributed by atoms with Crippen LogP contribution in [0.3, 0.4) is 0 Å². The van der Waals surface area contributed by atoms with Crippen molar-refractivity contribution >= 4 is 39.1 Å². The van der Waals surface area contributed by atoms with Gasteiger partial charge in [0.05, 0.1) is 11.1 Å². The summed E-state index contributed by atoms with van der Waals surface area (Å²) in [5, 5.41) is 6.24. The van der Waals surface area contributed by atoms with Crippen molar-refractivity contribution in [3.05, 3.63) is 93.1 Å². The maximum Gasteiger partial charge on any atom is 0.338 e. The number of esters is 2. The molecule has 1 aliphatic rings. The summed E-state index contributed by atoms with van der Waals surface area (Å²) in [5.74, 6) is -1.53. The number of hydrogen-bond acceptors (Lipinski definition) is 7. The topological polar surface area (TPSA) is 81.7 Å². The molecule has 6 nitrogen and oxygen atoms in total. The highest BCUT2D eigenvalue weighted by Gasteiger charge is 2.37. The van der Waals surface area contributed by atoms with Gasteiger partial charge in [0.15, 0.2) is 5.78 Å². The highest BCUT2D eigenvalue weighted by molar-refractivity contribution is 7.17. The van der Waals surface area contributed by atoms with Gasteiger partial charge >= 0.3 is 11.9 Å². The fourth-order valence-corrected chi connectivity index (χ4v) is 5.55. The number of fused-ring (bicyclic) bond motifs is 1. The Morgan fingerprint density at radius 3 is 2.22 bits per heavy atom. The molecule has 3 aromatic rings. The molecule has 0 saturated heterocycles. The Hall–Kier alpha value is -3.71. The molecule has 1 atom stereocenters. The van der Waals surface area contributed by atoms with E-state index in [0.29, 0.717) is 22.4 Å². The highest BCUT2D eigenvalue weighted by Crippen LogP contribution is 2.43. The van der Waals surface area contributed by atoms with Gasteiger partial charge in [0.1, 0.15) is 12.2 Å². The second-order valence-corrected chi connectivity index (χ2v) is 11.1. The van der Waals surface area contributed by atoms with Gasteiger partial charge in [-0.05, 0) is 81.6 Å². The van der Waals surface area contributed by atoms with Crippen LogP contribution in [0.25, 0.3) is 10.1 Å². The summed E-state index contributed by atoms with van der Waals surface area (Å²) in [6.45, 7) is 10.7. The summed E-state index contributed by atoms with van der Waals surface area (Å²) in [4.78, 5) is 38.6. The lowest BCUT2D eigenvalue weighted by atomic mass is 9.79. The number of allylic oxidation sites excluding steroid dienone is 3. The molecule has 0 fully saturated rings. The molecule has 0 aliphatic carbocycles. The second-order valence-electron chi connectivity index (χ2n) is 10.2. The molecule has 1 unspecified atom stereocenters. The van der Waals surface area contributed by atoms with Crippen LogP contribution in [0.2, 0.25) is 0 Å². The number of Topliss-reactive ketones (excluding diaryl/α,β-unsaturated/α-hetero) is 1. The van der Waals surface area contributed by atoms with Crippen LogP contribution in [0, 0.1) is 0 Å². The molecule has 2 aromatic carbocycles. The maximum atomic E-state index is 13.5. The Bertz CT molecular complexity index is 1440. The number of thiophene rings is 1. The number of dihydropyridines is 1. The first-order valence-corrected chi connectivity index (χ1v) is 13.0. The Morgan fingerprint density at radius 1 is 0.919 bits per heavy atom. The minimum Gasteiger partial charge on any atom is -0.457 e. The molecule has 0 spiro atoms. The average molecular weight is 518 g/mol. The summed E-state index contributed by atoms with van der Waals surface area (Å²) in [7, 11) is 0. The summed E-state index contributed by atoms with van der Waals surface area (Å²) in [5.41, 5.74) is 3.87. The van der Waals surface area contributed by atoms with Crippen molar-refractivity contribution in [2.75, 3.05) is 0 Å². The van der Waals surface area contributed by atoms with E-state index in [1.54, 1.807) is 35.6 Å². The number of rotatable bonds is 6. The number of benzene rings is 2. The van der Waals surface area contributed by atoms with E-state index in [1.807, 2.05) is 64.3 Å². The Kier molecular flexibility index (Phi) is 7.37. The van der Waals surface area contributed by atoms with Crippen LogP contribution in [-0.2, 0) is 25.7 Å². The Balaban J connectivity index is 1.60. The Labute approximate surface area is 221 Å². The van der Waals surface area contributed by atoms with Crippen molar-refractivity contribution in [2.24, 2.45) is 0 Å². The van der Waals surface area contributed by atoms with E-state index in [2.05, 4.69) is 5.32 Å². The molecule has 0 bridgehead atoms. The van der Waals surface area contributed by atoms with E-state index < -0.39 is 23.5 Å². The third-order valence-electron chi connectivity index (χ3n) is 6.14. The summed E-state index contributed by atoms with van der Waals surface area (Å²) >= 11 is 1.59. The molecule has 1 aliphatic heterocycles. The minimum absolute atomic E-state index is 0.0272. The fraction of sp³-hybridized carbons (Fsp3) is 0.300. The molecule has 37 heavy (non-hydrogen) atoms. The largest absolute Gasteiger partial charge is 0.457 e. The van der Waals surface area contributed by atoms with Crippen LogP contribution >= 0.6 is 11.3 Å². The summed E-state index contributed by atoms with van der Waals surface area (Å²) in [6, 6.07) is 14.8. The Morgan fingerprint density at radius 2 is 1.57 bits per heavy atom.